The summed E-state index contributed by atoms with van der Waals surface area (Å²) in [5, 5.41) is 11.0. The van der Waals surface area contributed by atoms with E-state index in [0.29, 0.717) is 0 Å². The molecule has 1 amide bonds. The number of benzene rings is 2. The molecule has 1 unspecified atom stereocenters. The molecule has 3 rings (SSSR count). The van der Waals surface area contributed by atoms with Crippen LogP contribution in [0.3, 0.4) is 0 Å². The maximum atomic E-state index is 12.5. The fourth-order valence-electron chi connectivity index (χ4n) is 2.65. The van der Waals surface area contributed by atoms with Gasteiger partial charge in [-0.25, -0.2) is 4.68 Å². The number of carbonyl (C=O) groups excluding carboxylic acids is 1. The summed E-state index contributed by atoms with van der Waals surface area (Å²) in [6.07, 6.45) is 1.76. The molecule has 0 aliphatic rings. The first kappa shape index (κ1) is 18.6. The highest BCUT2D eigenvalue weighted by atomic mass is 16.5. The predicted octanol–water partition coefficient (Wildman–Crippen LogP) is 3.85. The van der Waals surface area contributed by atoms with Gasteiger partial charge in [0, 0.05) is 0 Å². The van der Waals surface area contributed by atoms with Crippen molar-refractivity contribution in [1.29, 1.82) is 0 Å². The highest BCUT2D eigenvalue weighted by Crippen LogP contribution is 2.19. The fraction of sp³-hybridized carbons (Fsp3) is 0.286. The molecule has 0 saturated carbocycles. The lowest BCUT2D eigenvalue weighted by molar-refractivity contribution is 0.0935. The zero-order chi connectivity index (χ0) is 19.4. The molecule has 0 saturated heterocycles. The van der Waals surface area contributed by atoms with E-state index in [0.717, 1.165) is 22.6 Å². The van der Waals surface area contributed by atoms with Gasteiger partial charge >= 0.3 is 0 Å². The number of hydrogen-bond acceptors (Lipinski definition) is 4. The van der Waals surface area contributed by atoms with Crippen LogP contribution in [-0.2, 0) is 0 Å². The first-order chi connectivity index (χ1) is 12.9. The van der Waals surface area contributed by atoms with Gasteiger partial charge in [0.15, 0.2) is 5.69 Å². The molecule has 0 aliphatic carbocycles. The van der Waals surface area contributed by atoms with Gasteiger partial charge in [-0.2, -0.15) is 0 Å². The second-order valence-corrected chi connectivity index (χ2v) is 6.81. The van der Waals surface area contributed by atoms with Crippen molar-refractivity contribution in [3.8, 4) is 11.4 Å². The van der Waals surface area contributed by atoms with E-state index in [1.165, 1.54) is 0 Å². The van der Waals surface area contributed by atoms with Gasteiger partial charge in [0.05, 0.1) is 24.0 Å². The first-order valence-electron chi connectivity index (χ1n) is 8.99. The van der Waals surface area contributed by atoms with Gasteiger partial charge in [-0.3, -0.25) is 4.79 Å². The van der Waals surface area contributed by atoms with Gasteiger partial charge < -0.3 is 10.1 Å². The third kappa shape index (κ3) is 4.73. The average molecular weight is 364 g/mol. The summed E-state index contributed by atoms with van der Waals surface area (Å²) in [6, 6.07) is 15.4. The van der Waals surface area contributed by atoms with Crippen LogP contribution in [-0.4, -0.2) is 27.0 Å². The van der Waals surface area contributed by atoms with Crippen LogP contribution >= 0.6 is 0 Å². The summed E-state index contributed by atoms with van der Waals surface area (Å²) < 4.78 is 7.24. The standard InChI is InChI=1S/C21H24N4O2/c1-14(2)27-19-11-7-17(8-12-19)16(4)22-21(26)20-13-25(24-23-20)18-9-5-15(3)6-10-18/h5-14,16H,1-4H3,(H,22,26). The molecule has 3 aromatic rings. The Bertz CT molecular complexity index is 899. The Morgan fingerprint density at radius 1 is 1.04 bits per heavy atom. The lowest BCUT2D eigenvalue weighted by Gasteiger charge is -2.15. The second-order valence-electron chi connectivity index (χ2n) is 6.81. The molecule has 0 aliphatic heterocycles. The number of nitrogens with zero attached hydrogens (tertiary/aromatic N) is 3. The molecule has 1 aromatic heterocycles. The monoisotopic (exact) mass is 364 g/mol. The summed E-state index contributed by atoms with van der Waals surface area (Å²) in [5.41, 5.74) is 3.30. The van der Waals surface area contributed by atoms with Gasteiger partial charge in [-0.1, -0.05) is 35.0 Å². The molecule has 6 heteroatoms. The Morgan fingerprint density at radius 2 is 1.70 bits per heavy atom. The normalized spacial score (nSPS) is 12.0. The van der Waals surface area contributed by atoms with E-state index in [1.807, 2.05) is 76.2 Å². The summed E-state index contributed by atoms with van der Waals surface area (Å²) in [5.74, 6) is 0.552. The summed E-state index contributed by atoms with van der Waals surface area (Å²) in [7, 11) is 0. The lowest BCUT2D eigenvalue weighted by atomic mass is 10.1. The zero-order valence-corrected chi connectivity index (χ0v) is 16.0. The van der Waals surface area contributed by atoms with Crippen LogP contribution in [0.4, 0.5) is 0 Å². The van der Waals surface area contributed by atoms with E-state index >= 15 is 0 Å². The number of ether oxygens (including phenoxy) is 1. The van der Waals surface area contributed by atoms with Crippen molar-refractivity contribution in [2.45, 2.75) is 39.8 Å². The fourth-order valence-corrected chi connectivity index (χ4v) is 2.65. The van der Waals surface area contributed by atoms with E-state index in [1.54, 1.807) is 10.9 Å². The van der Waals surface area contributed by atoms with Gasteiger partial charge in [-0.15, -0.1) is 5.10 Å². The number of carbonyl (C=O) groups is 1. The topological polar surface area (TPSA) is 69.0 Å². The Labute approximate surface area is 159 Å². The summed E-state index contributed by atoms with van der Waals surface area (Å²) in [6.45, 7) is 7.93. The summed E-state index contributed by atoms with van der Waals surface area (Å²) >= 11 is 0. The van der Waals surface area contributed by atoms with Gasteiger partial charge in [0.2, 0.25) is 0 Å². The molecule has 0 spiro atoms. The molecule has 6 nitrogen and oxygen atoms in total. The number of amides is 1. The van der Waals surface area contributed by atoms with E-state index in [9.17, 15) is 4.79 Å². The highest BCUT2D eigenvalue weighted by Gasteiger charge is 2.15. The van der Waals surface area contributed by atoms with Crippen LogP contribution in [0.15, 0.2) is 54.7 Å². The Kier molecular flexibility index (Phi) is 5.54. The number of nitrogens with one attached hydrogen (secondary N) is 1. The molecule has 0 bridgehead atoms. The molecule has 1 heterocycles. The number of rotatable bonds is 6. The Hall–Kier alpha value is -3.15. The number of hydrogen-bond donors (Lipinski definition) is 1. The van der Waals surface area contributed by atoms with Crippen LogP contribution in [0.5, 0.6) is 5.75 Å². The molecule has 140 valence electrons. The van der Waals surface area contributed by atoms with Crippen molar-refractivity contribution < 1.29 is 9.53 Å². The number of aromatic nitrogens is 3. The van der Waals surface area contributed by atoms with Crippen molar-refractivity contribution >= 4 is 5.91 Å². The van der Waals surface area contributed by atoms with Gasteiger partial charge in [0.25, 0.3) is 5.91 Å². The predicted molar refractivity (Wildman–Crippen MR) is 104 cm³/mol. The molecule has 1 atom stereocenters. The second kappa shape index (κ2) is 8.03. The van der Waals surface area contributed by atoms with E-state index in [4.69, 9.17) is 4.74 Å². The van der Waals surface area contributed by atoms with Gasteiger partial charge in [0.1, 0.15) is 5.75 Å². The van der Waals surface area contributed by atoms with Crippen LogP contribution in [0, 0.1) is 6.92 Å². The SMILES string of the molecule is Cc1ccc(-n2cc(C(=O)NC(C)c3ccc(OC(C)C)cc3)nn2)cc1. The minimum absolute atomic E-state index is 0.129. The molecular formula is C21H24N4O2. The molecular weight excluding hydrogens is 340 g/mol. The van der Waals surface area contributed by atoms with Crippen molar-refractivity contribution in [3.05, 3.63) is 71.5 Å². The van der Waals surface area contributed by atoms with E-state index in [2.05, 4.69) is 15.6 Å². The Balaban J connectivity index is 1.65. The zero-order valence-electron chi connectivity index (χ0n) is 16.0. The van der Waals surface area contributed by atoms with Crippen molar-refractivity contribution in [1.82, 2.24) is 20.3 Å². The van der Waals surface area contributed by atoms with Crippen LogP contribution in [0.25, 0.3) is 5.69 Å². The van der Waals surface area contributed by atoms with Crippen LogP contribution in [0.1, 0.15) is 48.4 Å². The van der Waals surface area contributed by atoms with Crippen molar-refractivity contribution in [2.75, 3.05) is 0 Å². The maximum absolute atomic E-state index is 12.5. The van der Waals surface area contributed by atoms with Crippen molar-refractivity contribution in [3.63, 3.8) is 0 Å². The third-order valence-electron chi connectivity index (χ3n) is 4.12. The largest absolute Gasteiger partial charge is 0.491 e. The van der Waals surface area contributed by atoms with Crippen molar-refractivity contribution in [2.24, 2.45) is 0 Å². The average Bonchev–Trinajstić information content (AvgIpc) is 3.12. The quantitative estimate of drug-likeness (QED) is 0.721. The summed E-state index contributed by atoms with van der Waals surface area (Å²) in [4.78, 5) is 12.5. The Morgan fingerprint density at radius 3 is 2.33 bits per heavy atom. The number of aryl methyl sites for hydroxylation is 1. The molecule has 27 heavy (non-hydrogen) atoms. The molecule has 1 N–H and O–H groups in total. The molecule has 2 aromatic carbocycles. The maximum Gasteiger partial charge on any atom is 0.273 e. The smallest absolute Gasteiger partial charge is 0.273 e. The molecule has 0 fully saturated rings. The molecule has 0 radical (unpaired) electrons. The van der Waals surface area contributed by atoms with E-state index < -0.39 is 0 Å². The van der Waals surface area contributed by atoms with Crippen LogP contribution < -0.4 is 10.1 Å². The minimum atomic E-state index is -0.261. The van der Waals surface area contributed by atoms with Crippen LogP contribution in [0.2, 0.25) is 0 Å². The first-order valence-corrected chi connectivity index (χ1v) is 8.99. The van der Waals surface area contributed by atoms with E-state index in [-0.39, 0.29) is 23.7 Å². The van der Waals surface area contributed by atoms with Gasteiger partial charge in [-0.05, 0) is 57.5 Å². The third-order valence-corrected chi connectivity index (χ3v) is 4.12. The minimum Gasteiger partial charge on any atom is -0.491 e. The highest BCUT2D eigenvalue weighted by molar-refractivity contribution is 5.92. The lowest BCUT2D eigenvalue weighted by Crippen LogP contribution is -2.27.